The van der Waals surface area contributed by atoms with Gasteiger partial charge in [0.15, 0.2) is 0 Å². The van der Waals surface area contributed by atoms with Crippen molar-refractivity contribution in [1.29, 1.82) is 0 Å². The fourth-order valence-corrected chi connectivity index (χ4v) is 4.60. The molecule has 2 amide bonds. The summed E-state index contributed by atoms with van der Waals surface area (Å²) in [6.45, 7) is 1.20. The number of carbonyl (C=O) groups excluding carboxylic acids is 2. The van der Waals surface area contributed by atoms with E-state index in [-0.39, 0.29) is 31.0 Å². The summed E-state index contributed by atoms with van der Waals surface area (Å²) in [6, 6.07) is 23.5. The minimum Gasteiger partial charge on any atom is -0.467 e. The van der Waals surface area contributed by atoms with Gasteiger partial charge in [0.1, 0.15) is 18.9 Å². The van der Waals surface area contributed by atoms with Crippen molar-refractivity contribution >= 4 is 11.8 Å². The summed E-state index contributed by atoms with van der Waals surface area (Å²) in [7, 11) is 0. The number of furan rings is 1. The molecule has 2 aromatic carbocycles. The van der Waals surface area contributed by atoms with Crippen LogP contribution in [0.4, 0.5) is 0 Å². The van der Waals surface area contributed by atoms with Crippen LogP contribution in [0.15, 0.2) is 83.5 Å². The third kappa shape index (κ3) is 7.55. The minimum atomic E-state index is -0.126. The van der Waals surface area contributed by atoms with Crippen LogP contribution in [0.2, 0.25) is 0 Å². The summed E-state index contributed by atoms with van der Waals surface area (Å²) in [5, 5.41) is 0. The van der Waals surface area contributed by atoms with Gasteiger partial charge < -0.3 is 19.0 Å². The van der Waals surface area contributed by atoms with E-state index in [0.29, 0.717) is 19.7 Å². The van der Waals surface area contributed by atoms with Crippen LogP contribution >= 0.6 is 0 Å². The van der Waals surface area contributed by atoms with E-state index in [1.54, 1.807) is 16.1 Å². The van der Waals surface area contributed by atoms with E-state index in [1.807, 2.05) is 72.8 Å². The highest BCUT2D eigenvalue weighted by atomic mass is 16.5. The lowest BCUT2D eigenvalue weighted by Crippen LogP contribution is -2.49. The van der Waals surface area contributed by atoms with Crippen LogP contribution in [0.25, 0.3) is 0 Å². The van der Waals surface area contributed by atoms with Crippen LogP contribution in [0.5, 0.6) is 0 Å². The van der Waals surface area contributed by atoms with Crippen molar-refractivity contribution in [2.75, 3.05) is 13.2 Å². The molecule has 0 unspecified atom stereocenters. The average molecular weight is 475 g/mol. The van der Waals surface area contributed by atoms with E-state index < -0.39 is 0 Å². The second-order valence-corrected chi connectivity index (χ2v) is 9.11. The van der Waals surface area contributed by atoms with E-state index in [1.165, 1.54) is 6.42 Å². The van der Waals surface area contributed by atoms with Gasteiger partial charge >= 0.3 is 0 Å². The number of ether oxygens (including phenoxy) is 1. The van der Waals surface area contributed by atoms with E-state index in [9.17, 15) is 9.59 Å². The maximum absolute atomic E-state index is 13.6. The lowest BCUT2D eigenvalue weighted by Gasteiger charge is -2.35. The van der Waals surface area contributed by atoms with Crippen molar-refractivity contribution in [3.05, 3.63) is 95.9 Å². The number of hydrogen-bond donors (Lipinski definition) is 0. The Morgan fingerprint density at radius 3 is 2.14 bits per heavy atom. The second-order valence-electron chi connectivity index (χ2n) is 9.11. The van der Waals surface area contributed by atoms with Crippen LogP contribution in [0.3, 0.4) is 0 Å². The second kappa shape index (κ2) is 12.9. The molecular formula is C29H34N2O4. The predicted molar refractivity (Wildman–Crippen MR) is 134 cm³/mol. The molecule has 6 nitrogen and oxygen atoms in total. The Hall–Kier alpha value is -3.38. The standard InChI is InChI=1S/C29H34N2O4/c32-28(30(20-27-17-10-18-35-27)19-24-11-4-1-5-12-24)21-31(26-15-8-3-9-16-26)29(33)23-34-22-25-13-6-2-7-14-25/h1-2,4-7,10-14,17-18,26H,3,8-9,15-16,19-23H2. The number of amides is 2. The van der Waals surface area contributed by atoms with Crippen molar-refractivity contribution < 1.29 is 18.7 Å². The van der Waals surface area contributed by atoms with Gasteiger partial charge in [-0.1, -0.05) is 79.9 Å². The molecule has 6 heteroatoms. The first-order valence-corrected chi connectivity index (χ1v) is 12.4. The number of nitrogens with zero attached hydrogens (tertiary/aromatic N) is 2. The van der Waals surface area contributed by atoms with E-state index in [0.717, 1.165) is 42.6 Å². The van der Waals surface area contributed by atoms with Crippen molar-refractivity contribution in [3.63, 3.8) is 0 Å². The molecule has 1 fully saturated rings. The van der Waals surface area contributed by atoms with E-state index >= 15 is 0 Å². The van der Waals surface area contributed by atoms with Crippen molar-refractivity contribution in [1.82, 2.24) is 9.80 Å². The summed E-state index contributed by atoms with van der Waals surface area (Å²) in [5.74, 6) is 0.502. The average Bonchev–Trinajstić information content (AvgIpc) is 3.42. The van der Waals surface area contributed by atoms with Gasteiger partial charge in [0, 0.05) is 12.6 Å². The molecule has 0 spiro atoms. The molecule has 1 aliphatic rings. The number of hydrogen-bond acceptors (Lipinski definition) is 4. The normalized spacial score (nSPS) is 13.9. The Labute approximate surface area is 207 Å². The lowest BCUT2D eigenvalue weighted by atomic mass is 9.94. The van der Waals surface area contributed by atoms with Gasteiger partial charge in [-0.2, -0.15) is 0 Å². The van der Waals surface area contributed by atoms with Crippen LogP contribution in [0.1, 0.15) is 49.0 Å². The molecule has 0 N–H and O–H groups in total. The molecule has 0 atom stereocenters. The molecule has 1 aliphatic carbocycles. The van der Waals surface area contributed by atoms with Crippen molar-refractivity contribution in [3.8, 4) is 0 Å². The minimum absolute atomic E-state index is 0.0322. The fourth-order valence-electron chi connectivity index (χ4n) is 4.60. The van der Waals surface area contributed by atoms with Gasteiger partial charge in [-0.3, -0.25) is 9.59 Å². The van der Waals surface area contributed by atoms with Gasteiger partial charge in [-0.15, -0.1) is 0 Å². The van der Waals surface area contributed by atoms with Crippen molar-refractivity contribution in [2.24, 2.45) is 0 Å². The molecule has 0 radical (unpaired) electrons. The summed E-state index contributed by atoms with van der Waals surface area (Å²) in [4.78, 5) is 30.4. The van der Waals surface area contributed by atoms with Crippen molar-refractivity contribution in [2.45, 2.75) is 57.8 Å². The Bertz CT molecular complexity index is 1030. The number of benzene rings is 2. The Morgan fingerprint density at radius 1 is 0.800 bits per heavy atom. The maximum Gasteiger partial charge on any atom is 0.249 e. The molecule has 35 heavy (non-hydrogen) atoms. The van der Waals surface area contributed by atoms with Crippen LogP contribution in [-0.4, -0.2) is 40.8 Å². The summed E-state index contributed by atoms with van der Waals surface area (Å²) < 4.78 is 11.3. The molecule has 184 valence electrons. The number of carbonyl (C=O) groups is 2. The molecule has 0 aliphatic heterocycles. The lowest BCUT2D eigenvalue weighted by molar-refractivity contribution is -0.147. The first-order chi connectivity index (χ1) is 17.2. The van der Waals surface area contributed by atoms with Gasteiger partial charge in [0.25, 0.3) is 0 Å². The zero-order valence-electron chi connectivity index (χ0n) is 20.2. The third-order valence-electron chi connectivity index (χ3n) is 6.47. The highest BCUT2D eigenvalue weighted by Gasteiger charge is 2.29. The van der Waals surface area contributed by atoms with Crippen LogP contribution in [-0.2, 0) is 34.0 Å². The molecule has 0 bridgehead atoms. The molecule has 1 heterocycles. The quantitative estimate of drug-likeness (QED) is 0.384. The molecule has 1 saturated carbocycles. The monoisotopic (exact) mass is 474 g/mol. The first-order valence-electron chi connectivity index (χ1n) is 12.4. The first kappa shape index (κ1) is 24.7. The van der Waals surface area contributed by atoms with E-state index in [2.05, 4.69) is 0 Å². The smallest absolute Gasteiger partial charge is 0.249 e. The Morgan fingerprint density at radius 2 is 1.49 bits per heavy atom. The largest absolute Gasteiger partial charge is 0.467 e. The highest BCUT2D eigenvalue weighted by molar-refractivity contribution is 5.85. The van der Waals surface area contributed by atoms with Gasteiger partial charge in [0.2, 0.25) is 11.8 Å². The van der Waals surface area contributed by atoms with Gasteiger partial charge in [-0.25, -0.2) is 0 Å². The molecular weight excluding hydrogens is 440 g/mol. The molecule has 1 aromatic heterocycles. The molecule has 0 saturated heterocycles. The van der Waals surface area contributed by atoms with Crippen LogP contribution in [0, 0.1) is 0 Å². The zero-order valence-corrected chi connectivity index (χ0v) is 20.2. The predicted octanol–water partition coefficient (Wildman–Crippen LogP) is 5.19. The molecule has 4 rings (SSSR count). The number of rotatable bonds is 11. The summed E-state index contributed by atoms with van der Waals surface area (Å²) in [5.41, 5.74) is 2.06. The summed E-state index contributed by atoms with van der Waals surface area (Å²) in [6.07, 6.45) is 6.79. The Kier molecular flexibility index (Phi) is 9.12. The third-order valence-corrected chi connectivity index (χ3v) is 6.47. The van der Waals surface area contributed by atoms with E-state index in [4.69, 9.17) is 9.15 Å². The topological polar surface area (TPSA) is 63.0 Å². The zero-order chi connectivity index (χ0) is 24.3. The van der Waals surface area contributed by atoms with Crippen LogP contribution < -0.4 is 0 Å². The fraction of sp³-hybridized carbons (Fsp3) is 0.379. The Balaban J connectivity index is 1.44. The molecule has 3 aromatic rings. The van der Waals surface area contributed by atoms with Gasteiger partial charge in [0.05, 0.1) is 19.4 Å². The van der Waals surface area contributed by atoms with Gasteiger partial charge in [-0.05, 0) is 36.1 Å². The maximum atomic E-state index is 13.6. The highest BCUT2D eigenvalue weighted by Crippen LogP contribution is 2.23. The SMILES string of the molecule is O=C(CN(C(=O)COCc1ccccc1)C1CCCCC1)N(Cc1ccccc1)Cc1ccco1. The summed E-state index contributed by atoms with van der Waals surface area (Å²) >= 11 is 0.